The van der Waals surface area contributed by atoms with Crippen LogP contribution >= 0.6 is 0 Å². The largest absolute Gasteiger partial charge is 0.484 e. The Kier molecular flexibility index (Phi) is 2.01. The Morgan fingerprint density at radius 1 is 1.38 bits per heavy atom. The summed E-state index contributed by atoms with van der Waals surface area (Å²) in [5.74, 6) is 0.00345. The molecule has 2 aliphatic heterocycles. The summed E-state index contributed by atoms with van der Waals surface area (Å²) >= 11 is 0. The lowest BCUT2D eigenvalue weighted by atomic mass is 9.89. The van der Waals surface area contributed by atoms with Gasteiger partial charge in [0.1, 0.15) is 17.2 Å². The Balaban J connectivity index is 2.02. The summed E-state index contributed by atoms with van der Waals surface area (Å²) in [6.45, 7) is 1.05. The second kappa shape index (κ2) is 3.28. The molecular formula is C12H11FO3. The van der Waals surface area contributed by atoms with Crippen molar-refractivity contribution in [2.75, 3.05) is 13.2 Å². The first-order valence-electron chi connectivity index (χ1n) is 5.28. The first kappa shape index (κ1) is 9.78. The average molecular weight is 222 g/mol. The lowest BCUT2D eigenvalue weighted by Gasteiger charge is -2.33. The van der Waals surface area contributed by atoms with E-state index in [0.29, 0.717) is 24.5 Å². The van der Waals surface area contributed by atoms with E-state index in [1.807, 2.05) is 0 Å². The lowest BCUT2D eigenvalue weighted by molar-refractivity contribution is 0.0305. The third-order valence-electron chi connectivity index (χ3n) is 3.12. The van der Waals surface area contributed by atoms with Crippen LogP contribution in [-0.2, 0) is 4.74 Å². The number of hydrogen-bond donors (Lipinski definition) is 0. The van der Waals surface area contributed by atoms with Crippen molar-refractivity contribution < 1.29 is 18.7 Å². The standard InChI is InChI=1S/C12H11FO3/c13-8-1-2-11-9(5-8)10(14)6-12(16-11)3-4-15-7-12/h1-2,5H,3-4,6-7H2/t12-/m1/s1. The first-order chi connectivity index (χ1) is 7.69. The van der Waals surface area contributed by atoms with Gasteiger partial charge in [0.25, 0.3) is 0 Å². The van der Waals surface area contributed by atoms with E-state index >= 15 is 0 Å². The molecule has 1 aromatic rings. The second-order valence-electron chi connectivity index (χ2n) is 4.33. The van der Waals surface area contributed by atoms with Gasteiger partial charge in [-0.2, -0.15) is 0 Å². The van der Waals surface area contributed by atoms with Gasteiger partial charge < -0.3 is 9.47 Å². The number of carbonyl (C=O) groups excluding carboxylic acids is 1. The number of fused-ring (bicyclic) bond motifs is 1. The fourth-order valence-corrected chi connectivity index (χ4v) is 2.27. The van der Waals surface area contributed by atoms with Crippen LogP contribution < -0.4 is 4.74 Å². The first-order valence-corrected chi connectivity index (χ1v) is 5.28. The molecule has 1 atom stereocenters. The molecule has 0 saturated carbocycles. The molecule has 1 fully saturated rings. The summed E-state index contributed by atoms with van der Waals surface area (Å²) in [6.07, 6.45) is 0.999. The number of Topliss-reactive ketones (excluding diaryl/α,β-unsaturated/α-hetero) is 1. The summed E-state index contributed by atoms with van der Waals surface area (Å²) in [5.41, 5.74) is -0.167. The smallest absolute Gasteiger partial charge is 0.170 e. The molecule has 84 valence electrons. The van der Waals surface area contributed by atoms with Crippen molar-refractivity contribution in [1.82, 2.24) is 0 Å². The van der Waals surface area contributed by atoms with Crippen molar-refractivity contribution in [2.45, 2.75) is 18.4 Å². The van der Waals surface area contributed by atoms with Gasteiger partial charge in [-0.3, -0.25) is 4.79 Å². The van der Waals surface area contributed by atoms with E-state index in [2.05, 4.69) is 0 Å². The zero-order valence-corrected chi connectivity index (χ0v) is 8.66. The molecule has 0 aromatic heterocycles. The quantitative estimate of drug-likeness (QED) is 0.673. The maximum absolute atomic E-state index is 13.0. The molecule has 4 heteroatoms. The highest BCUT2D eigenvalue weighted by atomic mass is 19.1. The zero-order chi connectivity index (χ0) is 11.2. The molecular weight excluding hydrogens is 211 g/mol. The third-order valence-corrected chi connectivity index (χ3v) is 3.12. The highest BCUT2D eigenvalue weighted by Gasteiger charge is 2.43. The highest BCUT2D eigenvalue weighted by molar-refractivity contribution is 6.00. The molecule has 1 aromatic carbocycles. The molecule has 0 aliphatic carbocycles. The molecule has 16 heavy (non-hydrogen) atoms. The van der Waals surface area contributed by atoms with Crippen LogP contribution in [0.4, 0.5) is 4.39 Å². The topological polar surface area (TPSA) is 35.5 Å². The van der Waals surface area contributed by atoms with Gasteiger partial charge in [0.15, 0.2) is 5.78 Å². The minimum atomic E-state index is -0.512. The van der Waals surface area contributed by atoms with E-state index in [9.17, 15) is 9.18 Å². The third kappa shape index (κ3) is 1.41. The fraction of sp³-hybridized carbons (Fsp3) is 0.417. The Morgan fingerprint density at radius 2 is 2.25 bits per heavy atom. The van der Waals surface area contributed by atoms with Crippen molar-refractivity contribution in [1.29, 1.82) is 0 Å². The van der Waals surface area contributed by atoms with Gasteiger partial charge in [-0.25, -0.2) is 4.39 Å². The molecule has 0 bridgehead atoms. The van der Waals surface area contributed by atoms with Gasteiger partial charge in [0.05, 0.1) is 25.2 Å². The SMILES string of the molecule is O=C1C[C@@]2(CCOC2)Oc2ccc(F)cc21. The maximum Gasteiger partial charge on any atom is 0.170 e. The molecule has 3 nitrogen and oxygen atoms in total. The fourth-order valence-electron chi connectivity index (χ4n) is 2.27. The number of halogens is 1. The average Bonchev–Trinajstić information content (AvgIpc) is 2.68. The zero-order valence-electron chi connectivity index (χ0n) is 8.66. The number of hydrogen-bond acceptors (Lipinski definition) is 3. The van der Waals surface area contributed by atoms with Gasteiger partial charge in [-0.15, -0.1) is 0 Å². The Morgan fingerprint density at radius 3 is 3.00 bits per heavy atom. The van der Waals surface area contributed by atoms with Crippen LogP contribution in [-0.4, -0.2) is 24.6 Å². The van der Waals surface area contributed by atoms with Gasteiger partial charge in [-0.05, 0) is 18.2 Å². The number of rotatable bonds is 0. The number of ketones is 1. The van der Waals surface area contributed by atoms with Gasteiger partial charge in [0.2, 0.25) is 0 Å². The van der Waals surface area contributed by atoms with Gasteiger partial charge in [0, 0.05) is 6.42 Å². The van der Waals surface area contributed by atoms with Crippen molar-refractivity contribution in [3.8, 4) is 5.75 Å². The summed E-state index contributed by atoms with van der Waals surface area (Å²) < 4.78 is 24.1. The summed E-state index contributed by atoms with van der Waals surface area (Å²) in [7, 11) is 0. The van der Waals surface area contributed by atoms with E-state index in [0.717, 1.165) is 6.42 Å². The second-order valence-corrected chi connectivity index (χ2v) is 4.33. The number of carbonyl (C=O) groups is 1. The molecule has 2 aliphatic rings. The Bertz CT molecular complexity index is 450. The minimum Gasteiger partial charge on any atom is -0.484 e. The van der Waals surface area contributed by atoms with Crippen molar-refractivity contribution in [2.24, 2.45) is 0 Å². The van der Waals surface area contributed by atoms with Crippen LogP contribution in [0.3, 0.4) is 0 Å². The van der Waals surface area contributed by atoms with Crippen LogP contribution in [0.1, 0.15) is 23.2 Å². The summed E-state index contributed by atoms with van der Waals surface area (Å²) in [5, 5.41) is 0. The minimum absolute atomic E-state index is 0.0637. The van der Waals surface area contributed by atoms with Crippen LogP contribution in [0.25, 0.3) is 0 Å². The van der Waals surface area contributed by atoms with Gasteiger partial charge >= 0.3 is 0 Å². The van der Waals surface area contributed by atoms with Crippen molar-refractivity contribution >= 4 is 5.78 Å². The van der Waals surface area contributed by atoms with E-state index in [-0.39, 0.29) is 12.2 Å². The van der Waals surface area contributed by atoms with E-state index < -0.39 is 11.4 Å². The predicted octanol–water partition coefficient (Wildman–Crippen LogP) is 1.95. The molecule has 2 heterocycles. The molecule has 3 rings (SSSR count). The van der Waals surface area contributed by atoms with E-state index in [1.54, 1.807) is 0 Å². The van der Waals surface area contributed by atoms with Crippen LogP contribution in [0, 0.1) is 5.82 Å². The maximum atomic E-state index is 13.0. The molecule has 0 N–H and O–H groups in total. The highest BCUT2D eigenvalue weighted by Crippen LogP contribution is 2.37. The van der Waals surface area contributed by atoms with Crippen molar-refractivity contribution in [3.63, 3.8) is 0 Å². The van der Waals surface area contributed by atoms with E-state index in [1.165, 1.54) is 18.2 Å². The number of benzene rings is 1. The predicted molar refractivity (Wildman–Crippen MR) is 54.1 cm³/mol. The van der Waals surface area contributed by atoms with E-state index in [4.69, 9.17) is 9.47 Å². The molecule has 0 amide bonds. The monoisotopic (exact) mass is 222 g/mol. The lowest BCUT2D eigenvalue weighted by Crippen LogP contribution is -2.42. The summed E-state index contributed by atoms with van der Waals surface area (Å²) in [6, 6.07) is 4.06. The van der Waals surface area contributed by atoms with Crippen LogP contribution in [0.2, 0.25) is 0 Å². The molecule has 0 radical (unpaired) electrons. The molecule has 1 saturated heterocycles. The Labute approximate surface area is 92.2 Å². The molecule has 1 spiro atoms. The van der Waals surface area contributed by atoms with Gasteiger partial charge in [-0.1, -0.05) is 0 Å². The van der Waals surface area contributed by atoms with Crippen molar-refractivity contribution in [3.05, 3.63) is 29.6 Å². The number of ether oxygens (including phenoxy) is 2. The molecule has 0 unspecified atom stereocenters. The summed E-state index contributed by atoms with van der Waals surface area (Å²) in [4.78, 5) is 11.9. The normalized spacial score (nSPS) is 27.9. The van der Waals surface area contributed by atoms with Crippen LogP contribution in [0.5, 0.6) is 5.75 Å². The Hall–Kier alpha value is -1.42. The van der Waals surface area contributed by atoms with Crippen LogP contribution in [0.15, 0.2) is 18.2 Å².